The van der Waals surface area contributed by atoms with Crippen molar-refractivity contribution in [1.82, 2.24) is 14.9 Å². The average molecular weight is 367 g/mol. The molecule has 0 aliphatic rings. The van der Waals surface area contributed by atoms with Crippen LogP contribution in [0.3, 0.4) is 0 Å². The lowest BCUT2D eigenvalue weighted by Crippen LogP contribution is -2.23. The molecule has 0 saturated carbocycles. The third-order valence-electron chi connectivity index (χ3n) is 4.67. The van der Waals surface area contributed by atoms with Crippen LogP contribution in [0.5, 0.6) is 5.75 Å². The minimum absolute atomic E-state index is 0.109. The zero-order valence-corrected chi connectivity index (χ0v) is 16.2. The highest BCUT2D eigenvalue weighted by molar-refractivity contribution is 5.98. The van der Waals surface area contributed by atoms with E-state index < -0.39 is 0 Å². The highest BCUT2D eigenvalue weighted by Crippen LogP contribution is 2.37. The van der Waals surface area contributed by atoms with Crippen LogP contribution >= 0.6 is 0 Å². The fourth-order valence-electron chi connectivity index (χ4n) is 3.21. The van der Waals surface area contributed by atoms with E-state index in [0.29, 0.717) is 6.54 Å². The minimum atomic E-state index is -0.109. The van der Waals surface area contributed by atoms with Crippen LogP contribution < -0.4 is 10.1 Å². The lowest BCUT2D eigenvalue weighted by molar-refractivity contribution is -0.116. The van der Waals surface area contributed by atoms with Crippen LogP contribution in [0.25, 0.3) is 16.5 Å². The third kappa shape index (κ3) is 4.05. The van der Waals surface area contributed by atoms with Gasteiger partial charge in [0.2, 0.25) is 5.91 Å². The predicted molar refractivity (Wildman–Crippen MR) is 106 cm³/mol. The Morgan fingerprint density at radius 2 is 2.22 bits per heavy atom. The van der Waals surface area contributed by atoms with Crippen molar-refractivity contribution in [2.24, 2.45) is 0 Å². The minimum Gasteiger partial charge on any atom is -0.496 e. The Morgan fingerprint density at radius 3 is 2.93 bits per heavy atom. The molecule has 3 rings (SSSR count). The zero-order valence-electron chi connectivity index (χ0n) is 16.2. The number of rotatable bonds is 7. The van der Waals surface area contributed by atoms with Gasteiger partial charge in [-0.3, -0.25) is 4.79 Å². The Labute approximate surface area is 158 Å². The maximum atomic E-state index is 12.3. The van der Waals surface area contributed by atoms with Gasteiger partial charge < -0.3 is 19.0 Å². The molecule has 1 aromatic carbocycles. The highest BCUT2D eigenvalue weighted by Gasteiger charge is 2.16. The molecule has 2 heterocycles. The number of furan rings is 1. The summed E-state index contributed by atoms with van der Waals surface area (Å²) in [6, 6.07) is 2.03. The molecule has 2 aromatic heterocycles. The molecule has 6 heteroatoms. The van der Waals surface area contributed by atoms with Crippen LogP contribution in [-0.4, -0.2) is 29.1 Å². The molecule has 0 unspecified atom stereocenters. The molecule has 0 bridgehead atoms. The smallest absolute Gasteiger partial charge is 0.244 e. The molecule has 0 aliphatic heterocycles. The van der Waals surface area contributed by atoms with Gasteiger partial charge in [-0.15, -0.1) is 0 Å². The molecule has 0 radical (unpaired) electrons. The Balaban J connectivity index is 1.72. The Kier molecular flexibility index (Phi) is 5.64. The number of hydrogen-bond acceptors (Lipinski definition) is 4. The van der Waals surface area contributed by atoms with Crippen LogP contribution in [0.2, 0.25) is 0 Å². The fourth-order valence-corrected chi connectivity index (χ4v) is 3.21. The molecule has 1 amide bonds. The molecule has 0 aliphatic carbocycles. The molecule has 0 saturated heterocycles. The van der Waals surface area contributed by atoms with Crippen molar-refractivity contribution in [2.45, 2.75) is 33.7 Å². The number of fused-ring (bicyclic) bond motifs is 1. The maximum Gasteiger partial charge on any atom is 0.244 e. The molecule has 0 fully saturated rings. The topological polar surface area (TPSA) is 69.3 Å². The first-order valence-corrected chi connectivity index (χ1v) is 8.99. The van der Waals surface area contributed by atoms with E-state index in [4.69, 9.17) is 9.15 Å². The summed E-state index contributed by atoms with van der Waals surface area (Å²) < 4.78 is 13.2. The quantitative estimate of drug-likeness (QED) is 0.508. The van der Waals surface area contributed by atoms with Gasteiger partial charge in [0.25, 0.3) is 0 Å². The van der Waals surface area contributed by atoms with Crippen molar-refractivity contribution < 1.29 is 13.9 Å². The van der Waals surface area contributed by atoms with Crippen molar-refractivity contribution in [2.75, 3.05) is 13.7 Å². The number of nitrogens with zero attached hydrogens (tertiary/aromatic N) is 2. The van der Waals surface area contributed by atoms with Crippen molar-refractivity contribution in [1.29, 1.82) is 0 Å². The molecule has 142 valence electrons. The van der Waals surface area contributed by atoms with Gasteiger partial charge in [0, 0.05) is 48.1 Å². The fraction of sp³-hybridized carbons (Fsp3) is 0.333. The predicted octanol–water partition coefficient (Wildman–Crippen LogP) is 3.86. The van der Waals surface area contributed by atoms with E-state index in [0.717, 1.165) is 51.9 Å². The second kappa shape index (κ2) is 8.12. The molecule has 1 N–H and O–H groups in total. The number of imidazole rings is 1. The van der Waals surface area contributed by atoms with Crippen LogP contribution in [0, 0.1) is 13.8 Å². The van der Waals surface area contributed by atoms with E-state index in [1.807, 2.05) is 37.6 Å². The van der Waals surface area contributed by atoms with Gasteiger partial charge in [0.15, 0.2) is 0 Å². The molecule has 0 atom stereocenters. The van der Waals surface area contributed by atoms with Crippen molar-refractivity contribution in [3.05, 3.63) is 53.8 Å². The summed E-state index contributed by atoms with van der Waals surface area (Å²) in [5.41, 5.74) is 4.58. The number of allylic oxidation sites excluding steroid dienone is 1. The maximum absolute atomic E-state index is 12.3. The van der Waals surface area contributed by atoms with Crippen molar-refractivity contribution >= 4 is 22.4 Å². The lowest BCUT2D eigenvalue weighted by atomic mass is 9.98. The Hall–Kier alpha value is -3.02. The molecule has 6 nitrogen and oxygen atoms in total. The normalized spacial score (nSPS) is 11.8. The van der Waals surface area contributed by atoms with Crippen LogP contribution in [0.1, 0.15) is 30.0 Å². The largest absolute Gasteiger partial charge is 0.496 e. The number of benzene rings is 1. The number of nitrogens with one attached hydrogen (secondary N) is 1. The molecule has 0 spiro atoms. The second-order valence-electron chi connectivity index (χ2n) is 6.65. The molecule has 3 aromatic rings. The van der Waals surface area contributed by atoms with Crippen molar-refractivity contribution in [3.8, 4) is 5.75 Å². The summed E-state index contributed by atoms with van der Waals surface area (Å²) in [6.07, 6.45) is 9.64. The number of methoxy groups -OCH3 is 1. The SMILES string of the molecule is COc1c(/C(C)=C/C(=O)NCCCn2ccnc2)cc2c(C)coc2c1C. The average Bonchev–Trinajstić information content (AvgIpc) is 3.29. The Morgan fingerprint density at radius 1 is 1.41 bits per heavy atom. The number of hydrogen-bond donors (Lipinski definition) is 1. The van der Waals surface area contributed by atoms with Crippen LogP contribution in [0.4, 0.5) is 0 Å². The molecule has 27 heavy (non-hydrogen) atoms. The van der Waals surface area contributed by atoms with Gasteiger partial charge in [-0.25, -0.2) is 4.98 Å². The van der Waals surface area contributed by atoms with Gasteiger partial charge in [0.05, 0.1) is 19.7 Å². The Bertz CT molecular complexity index is 968. The summed E-state index contributed by atoms with van der Waals surface area (Å²) >= 11 is 0. The number of amides is 1. The number of ether oxygens (including phenoxy) is 1. The van der Waals surface area contributed by atoms with Gasteiger partial charge in [-0.2, -0.15) is 0 Å². The summed E-state index contributed by atoms with van der Waals surface area (Å²) in [4.78, 5) is 16.3. The van der Waals surface area contributed by atoms with E-state index in [9.17, 15) is 4.79 Å². The third-order valence-corrected chi connectivity index (χ3v) is 4.67. The monoisotopic (exact) mass is 367 g/mol. The van der Waals surface area contributed by atoms with Gasteiger partial charge in [-0.1, -0.05) is 0 Å². The number of carbonyl (C=O) groups is 1. The van der Waals surface area contributed by atoms with E-state index in [2.05, 4.69) is 10.3 Å². The van der Waals surface area contributed by atoms with E-state index in [1.54, 1.807) is 32.0 Å². The van der Waals surface area contributed by atoms with Gasteiger partial charge in [0.1, 0.15) is 11.3 Å². The van der Waals surface area contributed by atoms with E-state index in [1.165, 1.54) is 0 Å². The summed E-state index contributed by atoms with van der Waals surface area (Å²) in [7, 11) is 1.64. The van der Waals surface area contributed by atoms with Gasteiger partial charge >= 0.3 is 0 Å². The van der Waals surface area contributed by atoms with Crippen molar-refractivity contribution in [3.63, 3.8) is 0 Å². The lowest BCUT2D eigenvalue weighted by Gasteiger charge is -2.13. The van der Waals surface area contributed by atoms with E-state index in [-0.39, 0.29) is 5.91 Å². The number of carbonyl (C=O) groups excluding carboxylic acids is 1. The number of aryl methyl sites for hydroxylation is 3. The molecular weight excluding hydrogens is 342 g/mol. The highest BCUT2D eigenvalue weighted by atomic mass is 16.5. The summed E-state index contributed by atoms with van der Waals surface area (Å²) in [5, 5.41) is 3.97. The first kappa shape index (κ1) is 18.8. The zero-order chi connectivity index (χ0) is 19.4. The first-order valence-electron chi connectivity index (χ1n) is 8.99. The molecular formula is C21H25N3O3. The second-order valence-corrected chi connectivity index (χ2v) is 6.65. The summed E-state index contributed by atoms with van der Waals surface area (Å²) in [6.45, 7) is 7.33. The standard InChI is InChI=1S/C21H25N3O3/c1-14(10-19(25)23-6-5-8-24-9-7-22-13-24)17-11-18-15(2)12-27-21(18)16(3)20(17)26-4/h7,9-13H,5-6,8H2,1-4H3,(H,23,25)/b14-10+. The van der Waals surface area contributed by atoms with E-state index >= 15 is 0 Å². The first-order chi connectivity index (χ1) is 13.0. The van der Waals surface area contributed by atoms with Crippen LogP contribution in [0.15, 0.2) is 41.5 Å². The number of aromatic nitrogens is 2. The summed E-state index contributed by atoms with van der Waals surface area (Å²) in [5.74, 6) is 0.625. The van der Waals surface area contributed by atoms with Crippen LogP contribution in [-0.2, 0) is 11.3 Å². The van der Waals surface area contributed by atoms with Gasteiger partial charge in [-0.05, 0) is 44.4 Å².